The molecule has 0 atom stereocenters. The quantitative estimate of drug-likeness (QED) is 0.855. The van der Waals surface area contributed by atoms with E-state index in [0.717, 1.165) is 24.4 Å². The van der Waals surface area contributed by atoms with Crippen LogP contribution in [0, 0.1) is 0 Å². The van der Waals surface area contributed by atoms with Crippen molar-refractivity contribution in [3.05, 3.63) is 66.2 Å². The van der Waals surface area contributed by atoms with E-state index in [2.05, 4.69) is 40.7 Å². The first kappa shape index (κ1) is 13.2. The summed E-state index contributed by atoms with van der Waals surface area (Å²) in [6.07, 6.45) is 13.3. The van der Waals surface area contributed by atoms with Crippen LogP contribution in [0.2, 0.25) is 0 Å². The molecule has 0 amide bonds. The molecule has 1 aliphatic carbocycles. The molecular formula is C15H20N2. The second-order valence-corrected chi connectivity index (χ2v) is 3.36. The highest BCUT2D eigenvalue weighted by atomic mass is 14.9. The van der Waals surface area contributed by atoms with Crippen LogP contribution in [0.4, 0.5) is 0 Å². The minimum Gasteiger partial charge on any atom is -0.379 e. The van der Waals surface area contributed by atoms with Crippen molar-refractivity contribution in [1.82, 2.24) is 10.3 Å². The van der Waals surface area contributed by atoms with E-state index in [-0.39, 0.29) is 0 Å². The highest BCUT2D eigenvalue weighted by molar-refractivity contribution is 5.26. The molecule has 2 heteroatoms. The molecular weight excluding hydrogens is 208 g/mol. The smallest absolute Gasteiger partial charge is 0.0594 e. The molecule has 0 bridgehead atoms. The minimum absolute atomic E-state index is 0.769. The van der Waals surface area contributed by atoms with Gasteiger partial charge in [-0.05, 0) is 30.7 Å². The van der Waals surface area contributed by atoms with Crippen molar-refractivity contribution in [2.45, 2.75) is 26.8 Å². The van der Waals surface area contributed by atoms with E-state index in [1.165, 1.54) is 0 Å². The van der Waals surface area contributed by atoms with Crippen LogP contribution < -0.4 is 5.32 Å². The standard InChI is InChI=1S/C13H14N2.C2H6/c1-2-4-8-12(7-3-1)15-11-13-9-5-6-10-14-13;1-2/h1,3-10,15H,2,11H2;1-2H3. The predicted molar refractivity (Wildman–Crippen MR) is 73.4 cm³/mol. The molecule has 1 heterocycles. The van der Waals surface area contributed by atoms with E-state index in [1.807, 2.05) is 38.2 Å². The topological polar surface area (TPSA) is 24.9 Å². The van der Waals surface area contributed by atoms with E-state index in [0.29, 0.717) is 0 Å². The Morgan fingerprint density at radius 1 is 1.24 bits per heavy atom. The van der Waals surface area contributed by atoms with E-state index < -0.39 is 0 Å². The van der Waals surface area contributed by atoms with Gasteiger partial charge in [0.15, 0.2) is 0 Å². The first-order chi connectivity index (χ1) is 8.45. The Labute approximate surface area is 104 Å². The third-order valence-electron chi connectivity index (χ3n) is 2.18. The van der Waals surface area contributed by atoms with Gasteiger partial charge in [0.05, 0.1) is 12.2 Å². The number of rotatable bonds is 3. The normalized spacial score (nSPS) is 13.2. The Hall–Kier alpha value is -1.83. The Bertz CT molecular complexity index is 389. The lowest BCUT2D eigenvalue weighted by molar-refractivity contribution is 0.805. The van der Waals surface area contributed by atoms with Crippen molar-refractivity contribution in [3.63, 3.8) is 0 Å². The molecule has 1 aromatic rings. The maximum Gasteiger partial charge on any atom is 0.0594 e. The molecule has 0 aliphatic heterocycles. The van der Waals surface area contributed by atoms with Gasteiger partial charge in [0.2, 0.25) is 0 Å². The highest BCUT2D eigenvalue weighted by Crippen LogP contribution is 2.02. The SMILES string of the molecule is C1=CCC=CC(NCc2ccccn2)=C1.CC. The molecule has 0 fully saturated rings. The van der Waals surface area contributed by atoms with E-state index >= 15 is 0 Å². The molecule has 0 spiro atoms. The average Bonchev–Trinajstić information content (AvgIpc) is 2.68. The maximum absolute atomic E-state index is 4.25. The van der Waals surface area contributed by atoms with Crippen LogP contribution >= 0.6 is 0 Å². The molecule has 2 rings (SSSR count). The van der Waals surface area contributed by atoms with Gasteiger partial charge in [0.25, 0.3) is 0 Å². The predicted octanol–water partition coefficient (Wildman–Crippen LogP) is 3.60. The van der Waals surface area contributed by atoms with Gasteiger partial charge in [-0.25, -0.2) is 0 Å². The van der Waals surface area contributed by atoms with Gasteiger partial charge < -0.3 is 5.32 Å². The van der Waals surface area contributed by atoms with Gasteiger partial charge in [-0.1, -0.05) is 38.1 Å². The third kappa shape index (κ3) is 5.16. The van der Waals surface area contributed by atoms with Crippen LogP contribution in [0.15, 0.2) is 60.5 Å². The molecule has 90 valence electrons. The number of nitrogens with one attached hydrogen (secondary N) is 1. The largest absolute Gasteiger partial charge is 0.379 e. The Morgan fingerprint density at radius 2 is 2.12 bits per heavy atom. The Kier molecular flexibility index (Phi) is 6.49. The zero-order valence-corrected chi connectivity index (χ0v) is 10.6. The molecule has 0 radical (unpaired) electrons. The van der Waals surface area contributed by atoms with Crippen LogP contribution in [0.25, 0.3) is 0 Å². The molecule has 1 aromatic heterocycles. The van der Waals surface area contributed by atoms with Gasteiger partial charge >= 0.3 is 0 Å². The monoisotopic (exact) mass is 228 g/mol. The van der Waals surface area contributed by atoms with Gasteiger partial charge in [-0.3, -0.25) is 4.98 Å². The number of hydrogen-bond donors (Lipinski definition) is 1. The highest BCUT2D eigenvalue weighted by Gasteiger charge is 1.94. The fourth-order valence-corrected chi connectivity index (χ4v) is 1.39. The van der Waals surface area contributed by atoms with Crippen LogP contribution in [-0.4, -0.2) is 4.98 Å². The fraction of sp³-hybridized carbons (Fsp3) is 0.267. The van der Waals surface area contributed by atoms with Gasteiger partial charge in [0, 0.05) is 11.9 Å². The van der Waals surface area contributed by atoms with Gasteiger partial charge in [0.1, 0.15) is 0 Å². The summed E-state index contributed by atoms with van der Waals surface area (Å²) in [5.74, 6) is 0. The van der Waals surface area contributed by atoms with Crippen molar-refractivity contribution in [2.75, 3.05) is 0 Å². The zero-order chi connectivity index (χ0) is 12.3. The number of allylic oxidation sites excluding steroid dienone is 5. The minimum atomic E-state index is 0.769. The lowest BCUT2D eigenvalue weighted by atomic mass is 10.3. The second-order valence-electron chi connectivity index (χ2n) is 3.36. The van der Waals surface area contributed by atoms with Crippen LogP contribution in [0.1, 0.15) is 26.0 Å². The van der Waals surface area contributed by atoms with Gasteiger partial charge in [-0.2, -0.15) is 0 Å². The van der Waals surface area contributed by atoms with E-state index in [9.17, 15) is 0 Å². The number of aromatic nitrogens is 1. The number of pyridine rings is 1. The van der Waals surface area contributed by atoms with Crippen molar-refractivity contribution in [1.29, 1.82) is 0 Å². The lowest BCUT2D eigenvalue weighted by Crippen LogP contribution is -2.11. The molecule has 1 N–H and O–H groups in total. The summed E-state index contributed by atoms with van der Waals surface area (Å²) in [7, 11) is 0. The third-order valence-corrected chi connectivity index (χ3v) is 2.18. The molecule has 1 aliphatic rings. The van der Waals surface area contributed by atoms with Crippen LogP contribution in [0.3, 0.4) is 0 Å². The summed E-state index contributed by atoms with van der Waals surface area (Å²) >= 11 is 0. The second kappa shape index (κ2) is 8.34. The van der Waals surface area contributed by atoms with E-state index in [4.69, 9.17) is 0 Å². The summed E-state index contributed by atoms with van der Waals surface area (Å²) in [6.45, 7) is 4.77. The summed E-state index contributed by atoms with van der Waals surface area (Å²) in [5.41, 5.74) is 2.19. The summed E-state index contributed by atoms with van der Waals surface area (Å²) in [4.78, 5) is 4.25. The van der Waals surface area contributed by atoms with Crippen LogP contribution in [-0.2, 0) is 6.54 Å². The van der Waals surface area contributed by atoms with Crippen molar-refractivity contribution in [3.8, 4) is 0 Å². The molecule has 0 aromatic carbocycles. The zero-order valence-electron chi connectivity index (χ0n) is 10.6. The molecule has 2 nitrogen and oxygen atoms in total. The number of nitrogens with zero attached hydrogens (tertiary/aromatic N) is 1. The van der Waals surface area contributed by atoms with Crippen LogP contribution in [0.5, 0.6) is 0 Å². The lowest BCUT2D eigenvalue weighted by Gasteiger charge is -2.05. The Morgan fingerprint density at radius 3 is 2.88 bits per heavy atom. The fourth-order valence-electron chi connectivity index (χ4n) is 1.39. The van der Waals surface area contributed by atoms with E-state index in [1.54, 1.807) is 0 Å². The average molecular weight is 228 g/mol. The summed E-state index contributed by atoms with van der Waals surface area (Å²) < 4.78 is 0. The Balaban J connectivity index is 0.000000686. The number of hydrogen-bond acceptors (Lipinski definition) is 2. The molecule has 0 saturated carbocycles. The van der Waals surface area contributed by atoms with Crippen molar-refractivity contribution in [2.24, 2.45) is 0 Å². The summed E-state index contributed by atoms with van der Waals surface area (Å²) in [5, 5.41) is 3.34. The molecule has 0 saturated heterocycles. The maximum atomic E-state index is 4.25. The molecule has 0 unspecified atom stereocenters. The first-order valence-electron chi connectivity index (χ1n) is 6.12. The molecule has 17 heavy (non-hydrogen) atoms. The summed E-state index contributed by atoms with van der Waals surface area (Å²) in [6, 6.07) is 5.95. The van der Waals surface area contributed by atoms with Crippen molar-refractivity contribution < 1.29 is 0 Å². The van der Waals surface area contributed by atoms with Gasteiger partial charge in [-0.15, -0.1) is 0 Å². The first-order valence-corrected chi connectivity index (χ1v) is 6.12. The van der Waals surface area contributed by atoms with Crippen molar-refractivity contribution >= 4 is 0 Å².